The molecule has 0 aliphatic carbocycles. The van der Waals surface area contributed by atoms with Gasteiger partial charge in [-0.15, -0.1) is 0 Å². The SMILES string of the molecule is C/C(=C/CN)c1cccc(O)c1. The largest absolute Gasteiger partial charge is 0.508 e. The molecule has 0 radical (unpaired) electrons. The third kappa shape index (κ3) is 2.10. The molecule has 0 saturated heterocycles. The Kier molecular flexibility index (Phi) is 2.88. The van der Waals surface area contributed by atoms with Crippen LogP contribution < -0.4 is 5.73 Å². The Hall–Kier alpha value is -1.28. The lowest BCUT2D eigenvalue weighted by Gasteiger charge is -2.00. The van der Waals surface area contributed by atoms with Crippen LogP contribution in [-0.4, -0.2) is 11.7 Å². The minimum atomic E-state index is 0.289. The van der Waals surface area contributed by atoms with Crippen molar-refractivity contribution in [1.82, 2.24) is 0 Å². The van der Waals surface area contributed by atoms with E-state index < -0.39 is 0 Å². The van der Waals surface area contributed by atoms with E-state index in [1.165, 1.54) is 0 Å². The smallest absolute Gasteiger partial charge is 0.116 e. The molecule has 0 aromatic heterocycles. The highest BCUT2D eigenvalue weighted by Crippen LogP contribution is 2.17. The average molecular weight is 163 g/mol. The second-order valence-electron chi connectivity index (χ2n) is 2.67. The van der Waals surface area contributed by atoms with Crippen LogP contribution in [0.2, 0.25) is 0 Å². The number of rotatable bonds is 2. The van der Waals surface area contributed by atoms with Crippen LogP contribution in [0.5, 0.6) is 5.75 Å². The zero-order valence-electron chi connectivity index (χ0n) is 7.12. The van der Waals surface area contributed by atoms with Gasteiger partial charge in [0.25, 0.3) is 0 Å². The Morgan fingerprint density at radius 1 is 1.58 bits per heavy atom. The number of allylic oxidation sites excluding steroid dienone is 1. The highest BCUT2D eigenvalue weighted by Gasteiger charge is 1.94. The first-order valence-corrected chi connectivity index (χ1v) is 3.90. The minimum absolute atomic E-state index is 0.289. The molecule has 2 heteroatoms. The van der Waals surface area contributed by atoms with Crippen molar-refractivity contribution in [1.29, 1.82) is 0 Å². The van der Waals surface area contributed by atoms with Crippen molar-refractivity contribution in [3.05, 3.63) is 35.9 Å². The molecule has 0 aliphatic heterocycles. The van der Waals surface area contributed by atoms with Crippen LogP contribution in [0.4, 0.5) is 0 Å². The molecule has 12 heavy (non-hydrogen) atoms. The summed E-state index contributed by atoms with van der Waals surface area (Å²) in [4.78, 5) is 0. The Morgan fingerprint density at radius 2 is 2.33 bits per heavy atom. The van der Waals surface area contributed by atoms with Crippen LogP contribution in [0.25, 0.3) is 5.57 Å². The summed E-state index contributed by atoms with van der Waals surface area (Å²) in [5.41, 5.74) is 7.47. The average Bonchev–Trinajstić information content (AvgIpc) is 2.05. The van der Waals surface area contributed by atoms with Crippen molar-refractivity contribution in [3.63, 3.8) is 0 Å². The third-order valence-corrected chi connectivity index (χ3v) is 1.73. The van der Waals surface area contributed by atoms with Gasteiger partial charge >= 0.3 is 0 Å². The molecule has 3 N–H and O–H groups in total. The van der Waals surface area contributed by atoms with Crippen molar-refractivity contribution in [3.8, 4) is 5.75 Å². The van der Waals surface area contributed by atoms with Crippen molar-refractivity contribution < 1.29 is 5.11 Å². The van der Waals surface area contributed by atoms with Crippen LogP contribution in [0.1, 0.15) is 12.5 Å². The molecular weight excluding hydrogens is 150 g/mol. The molecule has 1 rings (SSSR count). The molecule has 0 spiro atoms. The number of nitrogens with two attached hydrogens (primary N) is 1. The fourth-order valence-corrected chi connectivity index (χ4v) is 1.05. The van der Waals surface area contributed by atoms with Crippen molar-refractivity contribution in [2.24, 2.45) is 5.73 Å². The summed E-state index contributed by atoms with van der Waals surface area (Å²) >= 11 is 0. The normalized spacial score (nSPS) is 11.7. The van der Waals surface area contributed by atoms with Gasteiger partial charge in [-0.25, -0.2) is 0 Å². The van der Waals surface area contributed by atoms with E-state index in [1.807, 2.05) is 25.1 Å². The van der Waals surface area contributed by atoms with E-state index in [0.717, 1.165) is 11.1 Å². The van der Waals surface area contributed by atoms with Crippen LogP contribution in [0.15, 0.2) is 30.3 Å². The zero-order chi connectivity index (χ0) is 8.97. The van der Waals surface area contributed by atoms with E-state index in [1.54, 1.807) is 12.1 Å². The van der Waals surface area contributed by atoms with Gasteiger partial charge in [0.2, 0.25) is 0 Å². The molecule has 0 saturated carbocycles. The fourth-order valence-electron chi connectivity index (χ4n) is 1.05. The standard InChI is InChI=1S/C10H13NO/c1-8(5-6-11)9-3-2-4-10(12)7-9/h2-5,7,12H,6,11H2,1H3/b8-5-. The van der Waals surface area contributed by atoms with Crippen molar-refractivity contribution >= 4 is 5.57 Å². The van der Waals surface area contributed by atoms with E-state index in [0.29, 0.717) is 6.54 Å². The zero-order valence-corrected chi connectivity index (χ0v) is 7.12. The summed E-state index contributed by atoms with van der Waals surface area (Å²) in [5.74, 6) is 0.289. The summed E-state index contributed by atoms with van der Waals surface area (Å²) in [6.45, 7) is 2.50. The van der Waals surface area contributed by atoms with Gasteiger partial charge in [-0.05, 0) is 30.2 Å². The summed E-state index contributed by atoms with van der Waals surface area (Å²) in [6, 6.07) is 7.14. The van der Waals surface area contributed by atoms with Gasteiger partial charge in [0.05, 0.1) is 0 Å². The van der Waals surface area contributed by atoms with E-state index in [-0.39, 0.29) is 5.75 Å². The van der Waals surface area contributed by atoms with Gasteiger partial charge in [0, 0.05) is 6.54 Å². The number of phenolic OH excluding ortho intramolecular Hbond substituents is 1. The second-order valence-corrected chi connectivity index (χ2v) is 2.67. The van der Waals surface area contributed by atoms with E-state index in [4.69, 9.17) is 5.73 Å². The summed E-state index contributed by atoms with van der Waals surface area (Å²) < 4.78 is 0. The Morgan fingerprint density at radius 3 is 2.92 bits per heavy atom. The molecule has 64 valence electrons. The lowest BCUT2D eigenvalue weighted by molar-refractivity contribution is 0.475. The third-order valence-electron chi connectivity index (χ3n) is 1.73. The van der Waals surface area contributed by atoms with Crippen LogP contribution in [0.3, 0.4) is 0 Å². The predicted octanol–water partition coefficient (Wildman–Crippen LogP) is 1.75. The lowest BCUT2D eigenvalue weighted by atomic mass is 10.1. The first-order valence-electron chi connectivity index (χ1n) is 3.90. The first kappa shape index (κ1) is 8.81. The quantitative estimate of drug-likeness (QED) is 0.697. The van der Waals surface area contributed by atoms with Gasteiger partial charge in [-0.2, -0.15) is 0 Å². The van der Waals surface area contributed by atoms with Crippen molar-refractivity contribution in [2.75, 3.05) is 6.54 Å². The lowest BCUT2D eigenvalue weighted by Crippen LogP contribution is -1.94. The molecule has 0 fully saturated rings. The molecule has 0 heterocycles. The van der Waals surface area contributed by atoms with Gasteiger partial charge in [-0.1, -0.05) is 18.2 Å². The highest BCUT2D eigenvalue weighted by molar-refractivity contribution is 5.64. The first-order chi connectivity index (χ1) is 5.74. The number of hydrogen-bond acceptors (Lipinski definition) is 2. The molecule has 0 amide bonds. The van der Waals surface area contributed by atoms with Crippen molar-refractivity contribution in [2.45, 2.75) is 6.92 Å². The number of phenols is 1. The molecule has 0 aliphatic rings. The highest BCUT2D eigenvalue weighted by atomic mass is 16.3. The van der Waals surface area contributed by atoms with Gasteiger partial charge < -0.3 is 10.8 Å². The fraction of sp³-hybridized carbons (Fsp3) is 0.200. The van der Waals surface area contributed by atoms with E-state index >= 15 is 0 Å². The maximum absolute atomic E-state index is 9.17. The minimum Gasteiger partial charge on any atom is -0.508 e. The number of benzene rings is 1. The van der Waals surface area contributed by atoms with Crippen LogP contribution >= 0.6 is 0 Å². The maximum Gasteiger partial charge on any atom is 0.116 e. The van der Waals surface area contributed by atoms with E-state index in [9.17, 15) is 5.11 Å². The molecule has 0 unspecified atom stereocenters. The van der Waals surface area contributed by atoms with E-state index in [2.05, 4.69) is 0 Å². The predicted molar refractivity (Wildman–Crippen MR) is 50.8 cm³/mol. The summed E-state index contributed by atoms with van der Waals surface area (Å²) in [6.07, 6.45) is 1.93. The van der Waals surface area contributed by atoms with Crippen LogP contribution in [-0.2, 0) is 0 Å². The molecule has 2 nitrogen and oxygen atoms in total. The Labute approximate surface area is 72.3 Å². The van der Waals surface area contributed by atoms with Crippen LogP contribution in [0, 0.1) is 0 Å². The Balaban J connectivity index is 2.95. The maximum atomic E-state index is 9.17. The monoisotopic (exact) mass is 163 g/mol. The molecule has 0 bridgehead atoms. The van der Waals surface area contributed by atoms with Gasteiger partial charge in [-0.3, -0.25) is 0 Å². The second kappa shape index (κ2) is 3.93. The molecule has 1 aromatic carbocycles. The summed E-state index contributed by atoms with van der Waals surface area (Å²) in [7, 11) is 0. The molecular formula is C10H13NO. The Bertz CT molecular complexity index is 292. The van der Waals surface area contributed by atoms with Gasteiger partial charge in [0.1, 0.15) is 5.75 Å². The summed E-state index contributed by atoms with van der Waals surface area (Å²) in [5, 5.41) is 9.17. The number of aromatic hydroxyl groups is 1. The van der Waals surface area contributed by atoms with Gasteiger partial charge in [0.15, 0.2) is 0 Å². The number of hydrogen-bond donors (Lipinski definition) is 2. The topological polar surface area (TPSA) is 46.2 Å². The molecule has 1 aromatic rings. The molecule has 0 atom stereocenters.